The van der Waals surface area contributed by atoms with E-state index >= 15 is 0 Å². The maximum absolute atomic E-state index is 8.80. The van der Waals surface area contributed by atoms with Crippen LogP contribution in [0.25, 0.3) is 0 Å². The molecule has 1 atom stereocenters. The molecule has 1 N–H and O–H groups in total. The number of hydrogen-bond donors (Lipinski definition) is 1. The number of hydroxylamine groups is 1. The lowest BCUT2D eigenvalue weighted by molar-refractivity contribution is 0.0505. The predicted octanol–water partition coefficient (Wildman–Crippen LogP) is 1.30. The Morgan fingerprint density at radius 1 is 1.29 bits per heavy atom. The van der Waals surface area contributed by atoms with Crippen LogP contribution >= 0.6 is 0 Å². The third kappa shape index (κ3) is 2.87. The molecule has 70 valence electrons. The van der Waals surface area contributed by atoms with Crippen molar-refractivity contribution in [2.24, 2.45) is 0 Å². The van der Waals surface area contributed by atoms with Gasteiger partial charge in [0.25, 0.3) is 0 Å². The van der Waals surface area contributed by atoms with Gasteiger partial charge < -0.3 is 0 Å². The quantitative estimate of drug-likeness (QED) is 0.569. The van der Waals surface area contributed by atoms with E-state index in [0.717, 1.165) is 5.56 Å². The van der Waals surface area contributed by atoms with Crippen molar-refractivity contribution >= 4 is 0 Å². The molecule has 0 aliphatic carbocycles. The molecule has 0 heterocycles. The van der Waals surface area contributed by atoms with Gasteiger partial charge in [0.15, 0.2) is 6.61 Å². The van der Waals surface area contributed by atoms with Gasteiger partial charge in [-0.3, -0.25) is 4.84 Å². The monoisotopic (exact) mass is 187 g/mol. The van der Waals surface area contributed by atoms with Gasteiger partial charge in [-0.1, -0.05) is 30.3 Å². The van der Waals surface area contributed by atoms with Crippen LogP contribution in [-0.4, -0.2) is 6.61 Å². The zero-order chi connectivity index (χ0) is 10.2. The van der Waals surface area contributed by atoms with Crippen molar-refractivity contribution < 1.29 is 4.84 Å². The number of hydrogen-bond acceptors (Lipinski definition) is 4. The maximum Gasteiger partial charge on any atom is 0.155 e. The number of rotatable bonds is 4. The zero-order valence-corrected chi connectivity index (χ0v) is 7.47. The van der Waals surface area contributed by atoms with Gasteiger partial charge in [0, 0.05) is 0 Å². The lowest BCUT2D eigenvalue weighted by Gasteiger charge is -2.09. The average molecular weight is 187 g/mol. The molecular weight excluding hydrogens is 178 g/mol. The Hall–Kier alpha value is -1.88. The van der Waals surface area contributed by atoms with Gasteiger partial charge in [-0.05, 0) is 5.56 Å². The van der Waals surface area contributed by atoms with Crippen molar-refractivity contribution in [3.63, 3.8) is 0 Å². The van der Waals surface area contributed by atoms with Gasteiger partial charge in [0.2, 0.25) is 0 Å². The first-order valence-electron chi connectivity index (χ1n) is 4.07. The fourth-order valence-corrected chi connectivity index (χ4v) is 0.972. The fourth-order valence-electron chi connectivity index (χ4n) is 0.972. The van der Waals surface area contributed by atoms with Crippen LogP contribution in [0.4, 0.5) is 0 Å². The Bertz CT molecular complexity index is 350. The first-order chi connectivity index (χ1) is 6.88. The van der Waals surface area contributed by atoms with E-state index in [4.69, 9.17) is 15.4 Å². The van der Waals surface area contributed by atoms with E-state index in [-0.39, 0.29) is 6.61 Å². The Kier molecular flexibility index (Phi) is 4.16. The number of benzene rings is 1. The molecule has 1 unspecified atom stereocenters. The average Bonchev–Trinajstić information content (AvgIpc) is 2.26. The molecule has 0 amide bonds. The largest absolute Gasteiger partial charge is 0.285 e. The highest BCUT2D eigenvalue weighted by Crippen LogP contribution is 2.10. The Morgan fingerprint density at radius 3 is 2.57 bits per heavy atom. The second-order valence-electron chi connectivity index (χ2n) is 2.54. The highest BCUT2D eigenvalue weighted by atomic mass is 16.6. The summed E-state index contributed by atoms with van der Waals surface area (Å²) in [6, 6.07) is 12.5. The summed E-state index contributed by atoms with van der Waals surface area (Å²) < 4.78 is 0. The molecule has 0 aliphatic heterocycles. The van der Waals surface area contributed by atoms with Crippen molar-refractivity contribution in [1.82, 2.24) is 5.48 Å². The van der Waals surface area contributed by atoms with Gasteiger partial charge in [-0.15, -0.1) is 0 Å². The molecule has 0 saturated carbocycles. The third-order valence-corrected chi connectivity index (χ3v) is 1.60. The SMILES string of the molecule is N#CCONC(C#N)c1ccccc1. The molecule has 1 aromatic rings. The topological polar surface area (TPSA) is 68.8 Å². The van der Waals surface area contributed by atoms with Crippen LogP contribution < -0.4 is 5.48 Å². The van der Waals surface area contributed by atoms with E-state index in [2.05, 4.69) is 5.48 Å². The smallest absolute Gasteiger partial charge is 0.155 e. The summed E-state index contributed by atoms with van der Waals surface area (Å²) in [6.07, 6.45) is 0. The minimum atomic E-state index is -0.537. The summed E-state index contributed by atoms with van der Waals surface area (Å²) in [5.41, 5.74) is 3.32. The first-order valence-corrected chi connectivity index (χ1v) is 4.07. The molecular formula is C10H9N3O. The van der Waals surface area contributed by atoms with Gasteiger partial charge in [0.05, 0.1) is 12.1 Å². The third-order valence-electron chi connectivity index (χ3n) is 1.60. The molecule has 0 saturated heterocycles. The maximum atomic E-state index is 8.80. The Morgan fingerprint density at radius 2 is 2.00 bits per heavy atom. The Labute approximate surface area is 82.3 Å². The molecule has 1 aromatic carbocycles. The van der Waals surface area contributed by atoms with Crippen LogP contribution in [0.2, 0.25) is 0 Å². The second kappa shape index (κ2) is 5.71. The molecule has 4 heteroatoms. The summed E-state index contributed by atoms with van der Waals surface area (Å²) in [4.78, 5) is 4.76. The van der Waals surface area contributed by atoms with E-state index in [1.807, 2.05) is 36.4 Å². The van der Waals surface area contributed by atoms with E-state index in [1.165, 1.54) is 0 Å². The molecule has 0 aliphatic rings. The van der Waals surface area contributed by atoms with E-state index in [0.29, 0.717) is 0 Å². The minimum Gasteiger partial charge on any atom is -0.285 e. The van der Waals surface area contributed by atoms with Gasteiger partial charge >= 0.3 is 0 Å². The zero-order valence-electron chi connectivity index (χ0n) is 7.47. The molecule has 0 spiro atoms. The number of nitrogens with one attached hydrogen (secondary N) is 1. The van der Waals surface area contributed by atoms with E-state index in [1.54, 1.807) is 6.07 Å². The summed E-state index contributed by atoms with van der Waals surface area (Å²) in [5.74, 6) is 0. The van der Waals surface area contributed by atoms with Crippen LogP contribution in [0.5, 0.6) is 0 Å². The lowest BCUT2D eigenvalue weighted by Crippen LogP contribution is -2.20. The molecule has 0 radical (unpaired) electrons. The standard InChI is InChI=1S/C10H9N3O/c11-6-7-14-13-10(8-12)9-4-2-1-3-5-9/h1-5,10,13H,7H2. The second-order valence-corrected chi connectivity index (χ2v) is 2.54. The van der Waals surface area contributed by atoms with E-state index in [9.17, 15) is 0 Å². The van der Waals surface area contributed by atoms with Gasteiger partial charge in [0.1, 0.15) is 6.04 Å². The first kappa shape index (κ1) is 10.2. The highest BCUT2D eigenvalue weighted by Gasteiger charge is 2.08. The van der Waals surface area contributed by atoms with Crippen molar-refractivity contribution in [2.45, 2.75) is 6.04 Å². The van der Waals surface area contributed by atoms with Crippen LogP contribution in [0.1, 0.15) is 11.6 Å². The fraction of sp³-hybridized carbons (Fsp3) is 0.200. The summed E-state index contributed by atoms with van der Waals surface area (Å²) in [7, 11) is 0. The van der Waals surface area contributed by atoms with Gasteiger partial charge in [-0.25, -0.2) is 0 Å². The predicted molar refractivity (Wildman–Crippen MR) is 49.5 cm³/mol. The molecule has 1 rings (SSSR count). The van der Waals surface area contributed by atoms with Crippen LogP contribution in [0.15, 0.2) is 30.3 Å². The minimum absolute atomic E-state index is 0.0784. The molecule has 0 bridgehead atoms. The molecule has 0 fully saturated rings. The Balaban J connectivity index is 2.57. The van der Waals surface area contributed by atoms with Crippen molar-refractivity contribution in [1.29, 1.82) is 10.5 Å². The number of nitrogens with zero attached hydrogens (tertiary/aromatic N) is 2. The summed E-state index contributed by atoms with van der Waals surface area (Å²) in [5, 5.41) is 17.0. The van der Waals surface area contributed by atoms with Crippen molar-refractivity contribution in [2.75, 3.05) is 6.61 Å². The van der Waals surface area contributed by atoms with Crippen LogP contribution in [-0.2, 0) is 4.84 Å². The van der Waals surface area contributed by atoms with Crippen LogP contribution in [0, 0.1) is 22.7 Å². The molecule has 4 nitrogen and oxygen atoms in total. The van der Waals surface area contributed by atoms with Gasteiger partial charge in [-0.2, -0.15) is 16.0 Å². The summed E-state index contributed by atoms with van der Waals surface area (Å²) >= 11 is 0. The number of nitriles is 2. The van der Waals surface area contributed by atoms with Crippen molar-refractivity contribution in [3.8, 4) is 12.1 Å². The summed E-state index contributed by atoms with van der Waals surface area (Å²) in [6.45, 7) is -0.0784. The normalized spacial score (nSPS) is 11.3. The lowest BCUT2D eigenvalue weighted by atomic mass is 10.1. The molecule has 0 aromatic heterocycles. The van der Waals surface area contributed by atoms with Crippen LogP contribution in [0.3, 0.4) is 0 Å². The molecule has 14 heavy (non-hydrogen) atoms. The van der Waals surface area contributed by atoms with Crippen molar-refractivity contribution in [3.05, 3.63) is 35.9 Å². The highest BCUT2D eigenvalue weighted by molar-refractivity contribution is 5.23. The van der Waals surface area contributed by atoms with E-state index < -0.39 is 6.04 Å².